The third kappa shape index (κ3) is 4.79. The molecule has 1 fully saturated rings. The third-order valence-electron chi connectivity index (χ3n) is 5.87. The number of carbonyl (C=O) groups excluding carboxylic acids is 1. The lowest BCUT2D eigenvalue weighted by Crippen LogP contribution is -3.13. The molecule has 1 saturated carbocycles. The summed E-state index contributed by atoms with van der Waals surface area (Å²) in [5.41, 5.74) is 1.77. The zero-order valence-electron chi connectivity index (χ0n) is 17.5. The molecule has 1 aliphatic rings. The number of amides is 1. The summed E-state index contributed by atoms with van der Waals surface area (Å²) in [6, 6.07) is 19.5. The van der Waals surface area contributed by atoms with Crippen LogP contribution in [0.1, 0.15) is 24.0 Å². The minimum atomic E-state index is -0.191. The van der Waals surface area contributed by atoms with Crippen LogP contribution in [0.3, 0.4) is 0 Å². The van der Waals surface area contributed by atoms with Crippen molar-refractivity contribution in [2.75, 3.05) is 20.7 Å². The molecule has 4 nitrogen and oxygen atoms in total. The fourth-order valence-electron chi connectivity index (χ4n) is 3.92. The van der Waals surface area contributed by atoms with E-state index in [2.05, 4.69) is 18.2 Å². The number of methoxy groups -OCH3 is 1. The van der Waals surface area contributed by atoms with Crippen molar-refractivity contribution in [3.63, 3.8) is 0 Å². The van der Waals surface area contributed by atoms with E-state index < -0.39 is 0 Å². The molecule has 5 heteroatoms. The van der Waals surface area contributed by atoms with Gasteiger partial charge in [0.2, 0.25) is 0 Å². The molecule has 0 bridgehead atoms. The van der Waals surface area contributed by atoms with Crippen molar-refractivity contribution in [3.05, 3.63) is 77.6 Å². The lowest BCUT2D eigenvalue weighted by molar-refractivity contribution is -0.917. The number of likely N-dealkylation sites (N-methyl/N-ethyl adjacent to an activating group) is 1. The zero-order valence-corrected chi connectivity index (χ0v) is 17.5. The first-order chi connectivity index (χ1) is 14.5. The van der Waals surface area contributed by atoms with Gasteiger partial charge in [-0.1, -0.05) is 36.4 Å². The Hall–Kier alpha value is -2.92. The van der Waals surface area contributed by atoms with E-state index in [0.717, 1.165) is 39.8 Å². The predicted molar refractivity (Wildman–Crippen MR) is 116 cm³/mol. The Kier molecular flexibility index (Phi) is 6.00. The van der Waals surface area contributed by atoms with Gasteiger partial charge in [-0.05, 0) is 40.6 Å². The number of carbonyl (C=O) groups is 1. The molecule has 156 valence electrons. The molecule has 3 aromatic rings. The molecular formula is C25H28FN2O2+. The maximum Gasteiger partial charge on any atom is 0.277 e. The van der Waals surface area contributed by atoms with Crippen LogP contribution >= 0.6 is 0 Å². The van der Waals surface area contributed by atoms with E-state index in [4.69, 9.17) is 4.74 Å². The number of nitrogens with zero attached hydrogens (tertiary/aromatic N) is 1. The number of halogens is 1. The number of benzene rings is 3. The van der Waals surface area contributed by atoms with Crippen LogP contribution in [0.2, 0.25) is 0 Å². The van der Waals surface area contributed by atoms with Gasteiger partial charge in [-0.3, -0.25) is 4.79 Å². The van der Waals surface area contributed by atoms with Gasteiger partial charge < -0.3 is 14.5 Å². The summed E-state index contributed by atoms with van der Waals surface area (Å²) in [5, 5.41) is 2.24. The van der Waals surface area contributed by atoms with E-state index >= 15 is 0 Å². The van der Waals surface area contributed by atoms with Gasteiger partial charge in [0, 0.05) is 32.0 Å². The third-order valence-corrected chi connectivity index (χ3v) is 5.87. The largest absolute Gasteiger partial charge is 0.497 e. The highest BCUT2D eigenvalue weighted by atomic mass is 19.1. The number of rotatable bonds is 8. The highest BCUT2D eigenvalue weighted by Crippen LogP contribution is 2.22. The average Bonchev–Trinajstić information content (AvgIpc) is 3.59. The highest BCUT2D eigenvalue weighted by Gasteiger charge is 2.35. The number of quaternary nitrogens is 1. The second-order valence-electron chi connectivity index (χ2n) is 8.17. The Balaban J connectivity index is 1.41. The van der Waals surface area contributed by atoms with Gasteiger partial charge in [-0.2, -0.15) is 0 Å². The van der Waals surface area contributed by atoms with Crippen LogP contribution in [-0.2, 0) is 17.9 Å². The van der Waals surface area contributed by atoms with Crippen LogP contribution in [0.5, 0.6) is 5.75 Å². The van der Waals surface area contributed by atoms with E-state index in [1.165, 1.54) is 6.07 Å². The molecule has 0 heterocycles. The first-order valence-corrected chi connectivity index (χ1v) is 10.4. The molecule has 0 spiro atoms. The van der Waals surface area contributed by atoms with Crippen molar-refractivity contribution in [1.29, 1.82) is 0 Å². The zero-order chi connectivity index (χ0) is 21.1. The van der Waals surface area contributed by atoms with E-state index in [1.54, 1.807) is 18.1 Å². The summed E-state index contributed by atoms with van der Waals surface area (Å²) in [5.74, 6) is 0.729. The Morgan fingerprint density at radius 3 is 2.57 bits per heavy atom. The quantitative estimate of drug-likeness (QED) is 0.622. The molecule has 1 aliphatic carbocycles. The molecule has 1 atom stereocenters. The van der Waals surface area contributed by atoms with Gasteiger partial charge in [0.25, 0.3) is 5.91 Å². The van der Waals surface area contributed by atoms with E-state index in [-0.39, 0.29) is 11.7 Å². The van der Waals surface area contributed by atoms with E-state index in [9.17, 15) is 9.18 Å². The van der Waals surface area contributed by atoms with Crippen molar-refractivity contribution in [2.24, 2.45) is 0 Å². The number of nitrogens with one attached hydrogen (secondary N) is 1. The number of hydrogen-bond acceptors (Lipinski definition) is 2. The first-order valence-electron chi connectivity index (χ1n) is 10.4. The summed E-state index contributed by atoms with van der Waals surface area (Å²) >= 11 is 0. The van der Waals surface area contributed by atoms with Gasteiger partial charge >= 0.3 is 0 Å². The molecule has 1 N–H and O–H groups in total. The molecule has 30 heavy (non-hydrogen) atoms. The minimum Gasteiger partial charge on any atom is -0.497 e. The van der Waals surface area contributed by atoms with Crippen LogP contribution in [0.4, 0.5) is 4.39 Å². The smallest absolute Gasteiger partial charge is 0.277 e. The maximum absolute atomic E-state index is 14.1. The fraction of sp³-hybridized carbons (Fsp3) is 0.320. The average molecular weight is 408 g/mol. The van der Waals surface area contributed by atoms with Gasteiger partial charge in [0.05, 0.1) is 13.2 Å². The molecule has 0 aromatic heterocycles. The number of hydrogen-bond donors (Lipinski definition) is 1. The molecule has 3 aromatic carbocycles. The second kappa shape index (κ2) is 8.84. The van der Waals surface area contributed by atoms with Crippen LogP contribution < -0.4 is 9.64 Å². The first kappa shape index (κ1) is 20.4. The van der Waals surface area contributed by atoms with Crippen LogP contribution in [0.25, 0.3) is 10.8 Å². The molecule has 4 rings (SSSR count). The standard InChI is InChI=1S/C25H27FN2O2/c1-27(15-18-7-8-20-14-23(30-2)12-9-19(20)13-18)25(29)17-28(22-10-11-22)16-21-5-3-4-6-24(21)26/h3-9,12-14,22H,10-11,15-17H2,1-2H3/p+1. The van der Waals surface area contributed by atoms with Crippen molar-refractivity contribution in [3.8, 4) is 5.75 Å². The highest BCUT2D eigenvalue weighted by molar-refractivity contribution is 5.84. The molecule has 0 aliphatic heterocycles. The Labute approximate surface area is 176 Å². The summed E-state index contributed by atoms with van der Waals surface area (Å²) < 4.78 is 19.4. The van der Waals surface area contributed by atoms with Crippen molar-refractivity contribution < 1.29 is 18.8 Å². The fourth-order valence-corrected chi connectivity index (χ4v) is 3.92. The minimum absolute atomic E-state index is 0.0862. The van der Waals surface area contributed by atoms with Gasteiger partial charge in [-0.25, -0.2) is 4.39 Å². The van der Waals surface area contributed by atoms with Crippen molar-refractivity contribution in [2.45, 2.75) is 32.0 Å². The van der Waals surface area contributed by atoms with Crippen molar-refractivity contribution >= 4 is 16.7 Å². The van der Waals surface area contributed by atoms with Crippen LogP contribution in [0.15, 0.2) is 60.7 Å². The van der Waals surface area contributed by atoms with E-state index in [0.29, 0.717) is 31.2 Å². The Bertz CT molecular complexity index is 1050. The normalized spacial score (nSPS) is 14.5. The lowest BCUT2D eigenvalue weighted by Gasteiger charge is -2.23. The topological polar surface area (TPSA) is 34.0 Å². The van der Waals surface area contributed by atoms with E-state index in [1.807, 2.05) is 37.4 Å². The Morgan fingerprint density at radius 1 is 1.10 bits per heavy atom. The van der Waals surface area contributed by atoms with Gasteiger partial charge in [0.15, 0.2) is 6.54 Å². The Morgan fingerprint density at radius 2 is 1.83 bits per heavy atom. The van der Waals surface area contributed by atoms with Gasteiger partial charge in [0.1, 0.15) is 18.1 Å². The summed E-state index contributed by atoms with van der Waals surface area (Å²) in [6.07, 6.45) is 2.21. The number of ether oxygens (including phenoxy) is 1. The molecular weight excluding hydrogens is 379 g/mol. The molecule has 0 saturated heterocycles. The summed E-state index contributed by atoms with van der Waals surface area (Å²) in [4.78, 5) is 15.8. The second-order valence-corrected chi connectivity index (χ2v) is 8.17. The predicted octanol–water partition coefficient (Wildman–Crippen LogP) is 3.19. The molecule has 1 unspecified atom stereocenters. The van der Waals surface area contributed by atoms with Crippen LogP contribution in [0, 0.1) is 5.82 Å². The summed E-state index contributed by atoms with van der Waals surface area (Å²) in [6.45, 7) is 1.49. The maximum atomic E-state index is 14.1. The van der Waals surface area contributed by atoms with Crippen LogP contribution in [-0.4, -0.2) is 37.6 Å². The summed E-state index contributed by atoms with van der Waals surface area (Å²) in [7, 11) is 3.50. The lowest BCUT2D eigenvalue weighted by atomic mass is 10.1. The SMILES string of the molecule is COc1ccc2cc(CN(C)C(=O)C[NH+](Cc3ccccc3F)C3CC3)ccc2c1. The van der Waals surface area contributed by atoms with Gasteiger partial charge in [-0.15, -0.1) is 0 Å². The molecule has 1 amide bonds. The van der Waals surface area contributed by atoms with Crippen molar-refractivity contribution in [1.82, 2.24) is 4.90 Å². The molecule has 0 radical (unpaired) electrons. The monoisotopic (exact) mass is 407 g/mol. The number of fused-ring (bicyclic) bond motifs is 1.